The molecule has 0 spiro atoms. The molecule has 0 radical (unpaired) electrons. The number of thioether (sulfide) groups is 1. The third kappa shape index (κ3) is 5.50. The number of likely N-dealkylation sites (tertiary alicyclic amines) is 1. The molecule has 2 aliphatic heterocycles. The minimum absolute atomic E-state index is 0.0266. The summed E-state index contributed by atoms with van der Waals surface area (Å²) in [7, 11) is 0. The Morgan fingerprint density at radius 2 is 1.93 bits per heavy atom. The molecule has 2 aliphatic rings. The highest BCUT2D eigenvalue weighted by atomic mass is 32.2. The van der Waals surface area contributed by atoms with E-state index < -0.39 is 0 Å². The first-order valence-electron chi connectivity index (χ1n) is 10.1. The molecule has 1 saturated heterocycles. The van der Waals surface area contributed by atoms with Gasteiger partial charge in [-0.25, -0.2) is 0 Å². The summed E-state index contributed by atoms with van der Waals surface area (Å²) in [6.07, 6.45) is 2.89. The van der Waals surface area contributed by atoms with Crippen molar-refractivity contribution in [1.29, 1.82) is 0 Å². The molecule has 0 bridgehead atoms. The van der Waals surface area contributed by atoms with Crippen LogP contribution in [0.25, 0.3) is 0 Å². The minimum Gasteiger partial charge on any atom is -0.356 e. The second kappa shape index (κ2) is 9.96. The number of fused-ring (bicyclic) bond motifs is 1. The van der Waals surface area contributed by atoms with Crippen molar-refractivity contribution >= 4 is 35.2 Å². The molecule has 1 aromatic rings. The van der Waals surface area contributed by atoms with Crippen molar-refractivity contribution in [2.75, 3.05) is 36.8 Å². The molecular weight excluding hydrogens is 374 g/mol. The van der Waals surface area contributed by atoms with Gasteiger partial charge in [0, 0.05) is 56.1 Å². The summed E-state index contributed by atoms with van der Waals surface area (Å²) in [6.45, 7) is 4.81. The van der Waals surface area contributed by atoms with E-state index in [-0.39, 0.29) is 30.6 Å². The van der Waals surface area contributed by atoms with E-state index in [1.165, 1.54) is 6.42 Å². The highest BCUT2D eigenvalue weighted by Gasteiger charge is 2.23. The smallest absolute Gasteiger partial charge is 0.227 e. The second-order valence-corrected chi connectivity index (χ2v) is 8.69. The molecule has 1 fully saturated rings. The van der Waals surface area contributed by atoms with E-state index in [2.05, 4.69) is 12.2 Å². The minimum atomic E-state index is -0.173. The fourth-order valence-corrected chi connectivity index (χ4v) is 4.75. The third-order valence-corrected chi connectivity index (χ3v) is 6.31. The number of benzene rings is 1. The van der Waals surface area contributed by atoms with E-state index in [1.807, 2.05) is 29.2 Å². The van der Waals surface area contributed by atoms with Crippen molar-refractivity contribution < 1.29 is 14.4 Å². The van der Waals surface area contributed by atoms with Crippen molar-refractivity contribution in [2.24, 2.45) is 5.92 Å². The number of carbonyl (C=O) groups excluding carboxylic acids is 3. The Bertz CT molecular complexity index is 725. The van der Waals surface area contributed by atoms with Crippen LogP contribution in [0.15, 0.2) is 29.2 Å². The van der Waals surface area contributed by atoms with E-state index in [4.69, 9.17) is 0 Å². The van der Waals surface area contributed by atoms with E-state index in [0.717, 1.165) is 35.8 Å². The van der Waals surface area contributed by atoms with Gasteiger partial charge in [0.25, 0.3) is 0 Å². The van der Waals surface area contributed by atoms with E-state index >= 15 is 0 Å². The fraction of sp³-hybridized carbons (Fsp3) is 0.571. The quantitative estimate of drug-likeness (QED) is 0.793. The fourth-order valence-electron chi connectivity index (χ4n) is 3.76. The molecule has 28 heavy (non-hydrogen) atoms. The zero-order chi connectivity index (χ0) is 19.9. The number of nitrogens with one attached hydrogen (secondary N) is 1. The molecule has 1 unspecified atom stereocenters. The third-order valence-electron chi connectivity index (χ3n) is 5.27. The predicted octanol–water partition coefficient (Wildman–Crippen LogP) is 2.67. The maximum absolute atomic E-state index is 12.6. The van der Waals surface area contributed by atoms with Gasteiger partial charge in [-0.05, 0) is 30.9 Å². The van der Waals surface area contributed by atoms with Gasteiger partial charge < -0.3 is 15.1 Å². The number of piperidine rings is 1. The first kappa shape index (κ1) is 20.7. The van der Waals surface area contributed by atoms with Crippen molar-refractivity contribution in [3.05, 3.63) is 24.3 Å². The molecule has 6 nitrogen and oxygen atoms in total. The maximum Gasteiger partial charge on any atom is 0.227 e. The maximum atomic E-state index is 12.6. The van der Waals surface area contributed by atoms with Gasteiger partial charge in [-0.1, -0.05) is 19.1 Å². The first-order valence-corrected chi connectivity index (χ1v) is 11.1. The highest BCUT2D eigenvalue weighted by molar-refractivity contribution is 7.99. The van der Waals surface area contributed by atoms with Crippen LogP contribution in [0.4, 0.5) is 5.69 Å². The molecular formula is C21H29N3O3S. The van der Waals surface area contributed by atoms with Crippen LogP contribution in [0, 0.1) is 5.92 Å². The Morgan fingerprint density at radius 1 is 1.11 bits per heavy atom. The molecule has 1 N–H and O–H groups in total. The van der Waals surface area contributed by atoms with Gasteiger partial charge >= 0.3 is 0 Å². The monoisotopic (exact) mass is 403 g/mol. The van der Waals surface area contributed by atoms with Crippen LogP contribution in [0.3, 0.4) is 0 Å². The number of hydrogen-bond donors (Lipinski definition) is 1. The molecule has 3 amide bonds. The lowest BCUT2D eigenvalue weighted by Crippen LogP contribution is -2.40. The summed E-state index contributed by atoms with van der Waals surface area (Å²) >= 11 is 1.75. The molecule has 7 heteroatoms. The van der Waals surface area contributed by atoms with Gasteiger partial charge in [-0.2, -0.15) is 0 Å². The number of rotatable bonds is 6. The molecule has 3 rings (SSSR count). The normalized spacial score (nSPS) is 19.1. The van der Waals surface area contributed by atoms with Gasteiger partial charge in [0.2, 0.25) is 17.7 Å². The summed E-state index contributed by atoms with van der Waals surface area (Å²) in [4.78, 5) is 41.6. The van der Waals surface area contributed by atoms with Crippen molar-refractivity contribution in [3.63, 3.8) is 0 Å². The Balaban J connectivity index is 1.38. The lowest BCUT2D eigenvalue weighted by Gasteiger charge is -2.31. The lowest BCUT2D eigenvalue weighted by molar-refractivity contribution is -0.133. The second-order valence-electron chi connectivity index (χ2n) is 7.55. The van der Waals surface area contributed by atoms with Crippen molar-refractivity contribution in [2.45, 2.75) is 43.9 Å². The van der Waals surface area contributed by atoms with Crippen molar-refractivity contribution in [3.8, 4) is 0 Å². The average molecular weight is 404 g/mol. The zero-order valence-electron chi connectivity index (χ0n) is 16.5. The predicted molar refractivity (Wildman–Crippen MR) is 111 cm³/mol. The molecule has 0 saturated carbocycles. The Labute approximate surface area is 171 Å². The number of amides is 3. The zero-order valence-corrected chi connectivity index (χ0v) is 17.3. The molecule has 152 valence electrons. The van der Waals surface area contributed by atoms with E-state index in [9.17, 15) is 14.4 Å². The van der Waals surface area contributed by atoms with Crippen LogP contribution in [-0.4, -0.2) is 54.6 Å². The Morgan fingerprint density at radius 3 is 2.75 bits per heavy atom. The summed E-state index contributed by atoms with van der Waals surface area (Å²) in [5, 5.41) is 2.78. The van der Waals surface area contributed by atoms with Gasteiger partial charge in [0.1, 0.15) is 0 Å². The number of para-hydroxylation sites is 1. The topological polar surface area (TPSA) is 69.7 Å². The Hall–Kier alpha value is -2.02. The molecule has 1 atom stereocenters. The van der Waals surface area contributed by atoms with Gasteiger partial charge in [-0.15, -0.1) is 11.8 Å². The first-order chi connectivity index (χ1) is 13.5. The summed E-state index contributed by atoms with van der Waals surface area (Å²) < 4.78 is 0. The van der Waals surface area contributed by atoms with E-state index in [0.29, 0.717) is 25.4 Å². The van der Waals surface area contributed by atoms with Crippen LogP contribution in [0.2, 0.25) is 0 Å². The largest absolute Gasteiger partial charge is 0.356 e. The summed E-state index contributed by atoms with van der Waals surface area (Å²) in [5.41, 5.74) is 0.936. The van der Waals surface area contributed by atoms with Crippen LogP contribution < -0.4 is 10.2 Å². The van der Waals surface area contributed by atoms with Crippen LogP contribution in [0.5, 0.6) is 0 Å². The number of carbonyl (C=O) groups is 3. The Kier molecular flexibility index (Phi) is 7.36. The highest BCUT2D eigenvalue weighted by Crippen LogP contribution is 2.34. The van der Waals surface area contributed by atoms with Crippen molar-refractivity contribution in [1.82, 2.24) is 10.2 Å². The van der Waals surface area contributed by atoms with Crippen LogP contribution in [0.1, 0.15) is 39.0 Å². The van der Waals surface area contributed by atoms with E-state index in [1.54, 1.807) is 16.7 Å². The molecule has 1 aromatic carbocycles. The standard InChI is InChI=1S/C21H29N3O3S/c1-16-5-4-12-23(15-16)20(26)10-11-22-19(25)8-9-21(27)24-13-14-28-18-7-3-2-6-17(18)24/h2-3,6-7,16H,4-5,8-15H2,1H3,(H,22,25). The molecule has 2 heterocycles. The number of anilines is 1. The van der Waals surface area contributed by atoms with Gasteiger partial charge in [-0.3, -0.25) is 14.4 Å². The summed E-state index contributed by atoms with van der Waals surface area (Å²) in [5.74, 6) is 1.32. The average Bonchev–Trinajstić information content (AvgIpc) is 2.71. The lowest BCUT2D eigenvalue weighted by atomic mass is 10.00. The van der Waals surface area contributed by atoms with Gasteiger partial charge in [0.05, 0.1) is 5.69 Å². The summed E-state index contributed by atoms with van der Waals surface area (Å²) in [6, 6.07) is 7.87. The van der Waals surface area contributed by atoms with Crippen LogP contribution >= 0.6 is 11.8 Å². The SMILES string of the molecule is CC1CCCN(C(=O)CCNC(=O)CCC(=O)N2CCSc3ccccc32)C1. The molecule has 0 aliphatic carbocycles. The van der Waals surface area contributed by atoms with Gasteiger partial charge in [0.15, 0.2) is 0 Å². The number of nitrogens with zero attached hydrogens (tertiary/aromatic N) is 2. The number of hydrogen-bond acceptors (Lipinski definition) is 4. The van der Waals surface area contributed by atoms with Crippen LogP contribution in [-0.2, 0) is 14.4 Å². The molecule has 0 aromatic heterocycles.